The molecule has 0 heterocycles. The molecule has 2 aromatic rings. The Morgan fingerprint density at radius 2 is 2.00 bits per heavy atom. The zero-order valence-corrected chi connectivity index (χ0v) is 17.1. The molecule has 1 amide bonds. The van der Waals surface area contributed by atoms with Gasteiger partial charge in [-0.05, 0) is 42.4 Å². The van der Waals surface area contributed by atoms with Crippen molar-refractivity contribution in [2.24, 2.45) is 0 Å². The number of nitrogens with one attached hydrogen (secondary N) is 2. The molecule has 0 saturated carbocycles. The Labute approximate surface area is 174 Å². The maximum atomic E-state index is 12.2. The normalized spacial score (nSPS) is 10.1. The Morgan fingerprint density at radius 3 is 2.69 bits per heavy atom. The van der Waals surface area contributed by atoms with Crippen LogP contribution in [-0.4, -0.2) is 29.7 Å². The number of ether oxygens (including phenoxy) is 2. The third-order valence-corrected chi connectivity index (χ3v) is 4.23. The summed E-state index contributed by atoms with van der Waals surface area (Å²) >= 11 is 5.14. The lowest BCUT2D eigenvalue weighted by molar-refractivity contribution is -0.384. The van der Waals surface area contributed by atoms with E-state index in [4.69, 9.17) is 21.7 Å². The topological polar surface area (TPSA) is 103 Å². The summed E-state index contributed by atoms with van der Waals surface area (Å²) in [5.41, 5.74) is 0.875. The maximum absolute atomic E-state index is 12.2. The molecule has 2 aromatic carbocycles. The van der Waals surface area contributed by atoms with Crippen molar-refractivity contribution < 1.29 is 19.2 Å². The average molecular weight is 417 g/mol. The molecule has 0 atom stereocenters. The first-order valence-electron chi connectivity index (χ1n) is 9.08. The molecule has 2 N–H and O–H groups in total. The molecule has 0 radical (unpaired) electrons. The molecular formula is C20H23N3O5S. The van der Waals surface area contributed by atoms with Crippen LogP contribution in [0.5, 0.6) is 11.5 Å². The van der Waals surface area contributed by atoms with Gasteiger partial charge in [0.15, 0.2) is 16.6 Å². The number of hydrogen-bond donors (Lipinski definition) is 2. The van der Waals surface area contributed by atoms with Crippen LogP contribution in [-0.2, 0) is 6.54 Å². The van der Waals surface area contributed by atoms with E-state index in [2.05, 4.69) is 17.6 Å². The number of nitro benzene ring substituents is 1. The number of rotatable bonds is 9. The number of nitro groups is 1. The number of benzene rings is 2. The van der Waals surface area contributed by atoms with Crippen molar-refractivity contribution in [2.45, 2.75) is 26.3 Å². The van der Waals surface area contributed by atoms with Gasteiger partial charge in [-0.3, -0.25) is 20.2 Å². The minimum absolute atomic E-state index is 0.115. The van der Waals surface area contributed by atoms with Crippen LogP contribution < -0.4 is 20.1 Å². The van der Waals surface area contributed by atoms with Gasteiger partial charge in [-0.2, -0.15) is 0 Å². The van der Waals surface area contributed by atoms with Crippen LogP contribution in [0.3, 0.4) is 0 Å². The van der Waals surface area contributed by atoms with Gasteiger partial charge < -0.3 is 14.8 Å². The first kappa shape index (κ1) is 22.1. The smallest absolute Gasteiger partial charge is 0.270 e. The molecule has 0 bridgehead atoms. The summed E-state index contributed by atoms with van der Waals surface area (Å²) in [5.74, 6) is 0.765. The molecule has 0 saturated heterocycles. The van der Waals surface area contributed by atoms with Crippen LogP contribution >= 0.6 is 12.2 Å². The lowest BCUT2D eigenvalue weighted by atomic mass is 10.2. The number of amides is 1. The third-order valence-electron chi connectivity index (χ3n) is 3.98. The minimum atomic E-state index is -0.559. The molecule has 0 fully saturated rings. The van der Waals surface area contributed by atoms with Crippen LogP contribution in [0.4, 0.5) is 5.69 Å². The molecule has 0 spiro atoms. The van der Waals surface area contributed by atoms with E-state index in [0.29, 0.717) is 24.7 Å². The van der Waals surface area contributed by atoms with Crippen molar-refractivity contribution in [1.29, 1.82) is 0 Å². The Balaban J connectivity index is 1.92. The lowest BCUT2D eigenvalue weighted by Gasteiger charge is -2.13. The monoisotopic (exact) mass is 417 g/mol. The molecule has 0 aliphatic heterocycles. The van der Waals surface area contributed by atoms with Crippen molar-refractivity contribution in [2.75, 3.05) is 13.7 Å². The fourth-order valence-electron chi connectivity index (χ4n) is 2.43. The van der Waals surface area contributed by atoms with Crippen LogP contribution in [0.2, 0.25) is 0 Å². The predicted octanol–water partition coefficient (Wildman–Crippen LogP) is 3.59. The van der Waals surface area contributed by atoms with Gasteiger partial charge in [-0.1, -0.05) is 25.5 Å². The highest BCUT2D eigenvalue weighted by Crippen LogP contribution is 2.28. The van der Waals surface area contributed by atoms with Crippen molar-refractivity contribution in [3.8, 4) is 11.5 Å². The molecule has 0 unspecified atom stereocenters. The van der Waals surface area contributed by atoms with E-state index in [-0.39, 0.29) is 16.4 Å². The Kier molecular flexibility index (Phi) is 8.35. The maximum Gasteiger partial charge on any atom is 0.270 e. The van der Waals surface area contributed by atoms with E-state index in [1.54, 1.807) is 7.11 Å². The van der Waals surface area contributed by atoms with E-state index in [1.807, 2.05) is 18.2 Å². The summed E-state index contributed by atoms with van der Waals surface area (Å²) in [7, 11) is 1.57. The SMILES string of the molecule is CCCCOc1ccc(CNC(=S)NC(=O)c2cccc([N+](=O)[O-])c2)cc1OC. The van der Waals surface area contributed by atoms with Gasteiger partial charge in [-0.15, -0.1) is 0 Å². The molecular weight excluding hydrogens is 394 g/mol. The summed E-state index contributed by atoms with van der Waals surface area (Å²) in [6, 6.07) is 11.0. The molecule has 2 rings (SSSR count). The van der Waals surface area contributed by atoms with Crippen molar-refractivity contribution in [3.05, 3.63) is 63.7 Å². The van der Waals surface area contributed by atoms with E-state index in [0.717, 1.165) is 18.4 Å². The van der Waals surface area contributed by atoms with E-state index in [1.165, 1.54) is 24.3 Å². The van der Waals surface area contributed by atoms with Crippen LogP contribution in [0, 0.1) is 10.1 Å². The van der Waals surface area contributed by atoms with Gasteiger partial charge in [-0.25, -0.2) is 0 Å². The highest BCUT2D eigenvalue weighted by molar-refractivity contribution is 7.80. The number of nitrogens with zero attached hydrogens (tertiary/aromatic N) is 1. The number of methoxy groups -OCH3 is 1. The first-order chi connectivity index (χ1) is 13.9. The van der Waals surface area contributed by atoms with Crippen molar-refractivity contribution >= 4 is 28.9 Å². The Hall–Kier alpha value is -3.20. The van der Waals surface area contributed by atoms with Gasteiger partial charge >= 0.3 is 0 Å². The largest absolute Gasteiger partial charge is 0.493 e. The van der Waals surface area contributed by atoms with Gasteiger partial charge in [0.05, 0.1) is 18.6 Å². The third kappa shape index (κ3) is 6.72. The highest BCUT2D eigenvalue weighted by atomic mass is 32.1. The van der Waals surface area contributed by atoms with Crippen LogP contribution in [0.15, 0.2) is 42.5 Å². The van der Waals surface area contributed by atoms with Gasteiger partial charge in [0.2, 0.25) is 0 Å². The summed E-state index contributed by atoms with van der Waals surface area (Å²) < 4.78 is 11.1. The lowest BCUT2D eigenvalue weighted by Crippen LogP contribution is -2.38. The quantitative estimate of drug-likeness (QED) is 0.278. The first-order valence-corrected chi connectivity index (χ1v) is 9.48. The van der Waals surface area contributed by atoms with Crippen molar-refractivity contribution in [3.63, 3.8) is 0 Å². The number of carbonyl (C=O) groups excluding carboxylic acids is 1. The van der Waals surface area contributed by atoms with Gasteiger partial charge in [0.25, 0.3) is 11.6 Å². The van der Waals surface area contributed by atoms with Crippen molar-refractivity contribution in [1.82, 2.24) is 10.6 Å². The molecule has 0 aromatic heterocycles. The van der Waals surface area contributed by atoms with Gasteiger partial charge in [0.1, 0.15) is 0 Å². The minimum Gasteiger partial charge on any atom is -0.493 e. The Morgan fingerprint density at radius 1 is 1.21 bits per heavy atom. The van der Waals surface area contributed by atoms with Gasteiger partial charge in [0, 0.05) is 24.2 Å². The van der Waals surface area contributed by atoms with E-state index >= 15 is 0 Å². The molecule has 0 aliphatic rings. The van der Waals surface area contributed by atoms with E-state index < -0.39 is 10.8 Å². The second kappa shape index (κ2) is 11.0. The van der Waals surface area contributed by atoms with Crippen LogP contribution in [0.1, 0.15) is 35.7 Å². The molecule has 0 aliphatic carbocycles. The molecule has 154 valence electrons. The molecule has 29 heavy (non-hydrogen) atoms. The van der Waals surface area contributed by atoms with Crippen LogP contribution in [0.25, 0.3) is 0 Å². The zero-order valence-electron chi connectivity index (χ0n) is 16.3. The fraction of sp³-hybridized carbons (Fsp3) is 0.300. The molecule has 8 nitrogen and oxygen atoms in total. The summed E-state index contributed by atoms with van der Waals surface area (Å²) in [4.78, 5) is 22.5. The summed E-state index contributed by atoms with van der Waals surface area (Å²) in [5, 5.41) is 16.4. The number of thiocarbonyl (C=S) groups is 1. The number of carbonyl (C=O) groups is 1. The zero-order chi connectivity index (χ0) is 21.2. The summed E-state index contributed by atoms with van der Waals surface area (Å²) in [6.45, 7) is 3.08. The number of non-ortho nitro benzene ring substituents is 1. The highest BCUT2D eigenvalue weighted by Gasteiger charge is 2.13. The number of hydrogen-bond acceptors (Lipinski definition) is 6. The summed E-state index contributed by atoms with van der Waals surface area (Å²) in [6.07, 6.45) is 2.01. The average Bonchev–Trinajstić information content (AvgIpc) is 2.73. The predicted molar refractivity (Wildman–Crippen MR) is 113 cm³/mol. The molecule has 9 heteroatoms. The van der Waals surface area contributed by atoms with E-state index in [9.17, 15) is 14.9 Å². The second-order valence-electron chi connectivity index (χ2n) is 6.13. The number of unbranched alkanes of at least 4 members (excludes halogenated alkanes) is 1. The standard InChI is InChI=1S/C20H23N3O5S/c1-3-4-10-28-17-9-8-14(11-18(17)27-2)13-21-20(29)22-19(24)15-6-5-7-16(12-15)23(25)26/h5-9,11-12H,3-4,10,13H2,1-2H3,(H2,21,22,24,29). The second-order valence-corrected chi connectivity index (χ2v) is 6.54. The fourth-order valence-corrected chi connectivity index (χ4v) is 2.60. The Bertz CT molecular complexity index is 888.